The molecule has 0 atom stereocenters. The lowest BCUT2D eigenvalue weighted by Crippen LogP contribution is -2.31. The lowest BCUT2D eigenvalue weighted by molar-refractivity contribution is 0.0977. The monoisotopic (exact) mass is 477 g/mol. The number of halogens is 4. The van der Waals surface area contributed by atoms with Crippen LogP contribution in [0.1, 0.15) is 16.3 Å². The maximum atomic E-state index is 12.6. The molecule has 0 saturated carbocycles. The number of nitrogens with one attached hydrogen (secondary N) is 1. The quantitative estimate of drug-likeness (QED) is 0.577. The number of nitrogens with zero attached hydrogens (tertiary/aromatic N) is 2. The molecule has 1 amide bonds. The molecule has 0 radical (unpaired) electrons. The third-order valence-corrected chi connectivity index (χ3v) is 6.28. The number of imidazole rings is 1. The molecule has 1 aromatic heterocycles. The van der Waals surface area contributed by atoms with Crippen LogP contribution in [0.15, 0.2) is 47.4 Å². The first-order valence-electron chi connectivity index (χ1n) is 7.63. The van der Waals surface area contributed by atoms with E-state index in [1.54, 1.807) is 25.1 Å². The maximum absolute atomic E-state index is 12.6. The summed E-state index contributed by atoms with van der Waals surface area (Å²) < 4.78 is 28.3. The van der Waals surface area contributed by atoms with Crippen molar-refractivity contribution in [2.24, 2.45) is 0 Å². The van der Waals surface area contributed by atoms with Gasteiger partial charge in [-0.05, 0) is 37.3 Å². The van der Waals surface area contributed by atoms with Crippen LogP contribution in [0.4, 0.5) is 0 Å². The van der Waals surface area contributed by atoms with Gasteiger partial charge in [-0.2, -0.15) is 0 Å². The van der Waals surface area contributed by atoms with Crippen LogP contribution >= 0.6 is 46.4 Å². The fraction of sp³-hybridized carbons (Fsp3) is 0.0588. The minimum absolute atomic E-state index is 0.0239. The maximum Gasteiger partial charge on any atom is 0.286 e. The Balaban J connectivity index is 1.99. The number of aromatic nitrogens is 2. The Morgan fingerprint density at radius 2 is 1.64 bits per heavy atom. The van der Waals surface area contributed by atoms with E-state index in [4.69, 9.17) is 46.4 Å². The highest BCUT2D eigenvalue weighted by Crippen LogP contribution is 2.28. The summed E-state index contributed by atoms with van der Waals surface area (Å²) in [5.74, 6) is -0.663. The van der Waals surface area contributed by atoms with Gasteiger partial charge in [0.2, 0.25) is 0 Å². The first kappa shape index (κ1) is 21.0. The summed E-state index contributed by atoms with van der Waals surface area (Å²) in [5, 5.41) is 0.602. The topological polar surface area (TPSA) is 81.1 Å². The molecule has 0 bridgehead atoms. The number of amides is 1. The van der Waals surface area contributed by atoms with Gasteiger partial charge in [-0.1, -0.05) is 58.5 Å². The minimum atomic E-state index is -4.22. The third kappa shape index (κ3) is 4.14. The van der Waals surface area contributed by atoms with E-state index in [1.807, 2.05) is 4.72 Å². The van der Waals surface area contributed by atoms with Gasteiger partial charge in [0.1, 0.15) is 15.9 Å². The summed E-state index contributed by atoms with van der Waals surface area (Å²) in [7, 11) is -4.22. The van der Waals surface area contributed by atoms with Crippen LogP contribution in [-0.4, -0.2) is 23.9 Å². The Labute approximate surface area is 181 Å². The molecule has 11 heteroatoms. The molecule has 3 rings (SSSR count). The van der Waals surface area contributed by atoms with Gasteiger partial charge in [0, 0.05) is 10.0 Å². The van der Waals surface area contributed by atoms with E-state index >= 15 is 0 Å². The zero-order valence-corrected chi connectivity index (χ0v) is 17.9. The molecule has 0 aliphatic rings. The number of carbonyl (C=O) groups is 1. The molecule has 146 valence electrons. The van der Waals surface area contributed by atoms with Crippen LogP contribution in [0.2, 0.25) is 20.2 Å². The smallest absolute Gasteiger partial charge is 0.286 e. The number of sulfonamides is 1. The largest absolute Gasteiger partial charge is 0.287 e. The zero-order chi connectivity index (χ0) is 20.6. The molecule has 0 spiro atoms. The Morgan fingerprint density at radius 1 is 1.04 bits per heavy atom. The SMILES string of the molecule is Cc1nc(C(=O)NS(=O)(=O)c2ccccc2Cl)c(Cl)n1-c1cc(Cl)cc(Cl)c1. The van der Waals surface area contributed by atoms with Crippen LogP contribution in [0.5, 0.6) is 0 Å². The molecule has 0 unspecified atom stereocenters. The van der Waals surface area contributed by atoms with Crippen LogP contribution in [0.3, 0.4) is 0 Å². The lowest BCUT2D eigenvalue weighted by Gasteiger charge is -2.09. The van der Waals surface area contributed by atoms with E-state index in [9.17, 15) is 13.2 Å². The van der Waals surface area contributed by atoms with Crippen LogP contribution in [-0.2, 0) is 10.0 Å². The van der Waals surface area contributed by atoms with E-state index in [0.717, 1.165) is 0 Å². The van der Waals surface area contributed by atoms with Gasteiger partial charge >= 0.3 is 0 Å². The van der Waals surface area contributed by atoms with Gasteiger partial charge < -0.3 is 0 Å². The van der Waals surface area contributed by atoms with Crippen molar-refractivity contribution in [3.8, 4) is 5.69 Å². The Hall–Kier alpha value is -1.77. The summed E-state index contributed by atoms with van der Waals surface area (Å²) in [6.07, 6.45) is 0. The molecule has 28 heavy (non-hydrogen) atoms. The van der Waals surface area contributed by atoms with Crippen molar-refractivity contribution in [3.63, 3.8) is 0 Å². The second-order valence-corrected chi connectivity index (χ2v) is 8.92. The highest BCUT2D eigenvalue weighted by molar-refractivity contribution is 7.90. The van der Waals surface area contributed by atoms with Gasteiger partial charge in [-0.25, -0.2) is 18.1 Å². The summed E-state index contributed by atoms with van der Waals surface area (Å²) in [4.78, 5) is 16.4. The average molecular weight is 479 g/mol. The van der Waals surface area contributed by atoms with E-state index < -0.39 is 15.9 Å². The van der Waals surface area contributed by atoms with Gasteiger partial charge in [-0.3, -0.25) is 9.36 Å². The van der Waals surface area contributed by atoms with Crippen molar-refractivity contribution in [1.82, 2.24) is 14.3 Å². The van der Waals surface area contributed by atoms with E-state index in [0.29, 0.717) is 21.6 Å². The number of carbonyl (C=O) groups excluding carboxylic acids is 1. The Kier molecular flexibility index (Phi) is 5.93. The molecule has 6 nitrogen and oxygen atoms in total. The minimum Gasteiger partial charge on any atom is -0.287 e. The molecule has 0 fully saturated rings. The predicted molar refractivity (Wildman–Crippen MR) is 109 cm³/mol. The van der Waals surface area contributed by atoms with Crippen molar-refractivity contribution in [2.75, 3.05) is 0 Å². The number of benzene rings is 2. The molecule has 1 N–H and O–H groups in total. The number of rotatable bonds is 4. The van der Waals surface area contributed by atoms with Crippen molar-refractivity contribution < 1.29 is 13.2 Å². The van der Waals surface area contributed by atoms with Crippen molar-refractivity contribution in [3.05, 3.63) is 74.2 Å². The predicted octanol–water partition coefficient (Wildman–Crippen LogP) is 4.91. The first-order valence-corrected chi connectivity index (χ1v) is 10.6. The molecule has 3 aromatic rings. The van der Waals surface area contributed by atoms with Gasteiger partial charge in [0.25, 0.3) is 15.9 Å². The fourth-order valence-electron chi connectivity index (χ4n) is 2.51. The Bertz CT molecular complexity index is 1170. The number of hydrogen-bond acceptors (Lipinski definition) is 4. The zero-order valence-electron chi connectivity index (χ0n) is 14.1. The summed E-state index contributed by atoms with van der Waals surface area (Å²) in [6, 6.07) is 10.4. The normalized spacial score (nSPS) is 11.5. The average Bonchev–Trinajstić information content (AvgIpc) is 2.88. The van der Waals surface area contributed by atoms with Gasteiger partial charge in [0.05, 0.1) is 10.7 Å². The summed E-state index contributed by atoms with van der Waals surface area (Å²) >= 11 is 24.2. The van der Waals surface area contributed by atoms with Crippen LogP contribution < -0.4 is 4.72 Å². The van der Waals surface area contributed by atoms with Gasteiger partial charge in [0.15, 0.2) is 5.69 Å². The van der Waals surface area contributed by atoms with E-state index in [1.165, 1.54) is 28.8 Å². The summed E-state index contributed by atoms with van der Waals surface area (Å²) in [5.41, 5.74) is 0.200. The van der Waals surface area contributed by atoms with Crippen molar-refractivity contribution in [2.45, 2.75) is 11.8 Å². The molecule has 0 aliphatic heterocycles. The third-order valence-electron chi connectivity index (χ3n) is 3.66. The standard InChI is InChI=1S/C17H11Cl4N3O3S/c1-9-22-15(16(21)24(9)12-7-10(18)6-11(19)8-12)17(25)23-28(26,27)14-5-3-2-4-13(14)20/h2-8H,1H3,(H,23,25). The molecule has 0 saturated heterocycles. The number of aryl methyl sites for hydroxylation is 1. The summed E-state index contributed by atoms with van der Waals surface area (Å²) in [6.45, 7) is 1.60. The lowest BCUT2D eigenvalue weighted by atomic mass is 10.3. The highest BCUT2D eigenvalue weighted by Gasteiger charge is 2.26. The fourth-order valence-corrected chi connectivity index (χ4v) is 4.84. The molecular weight excluding hydrogens is 468 g/mol. The van der Waals surface area contributed by atoms with Crippen molar-refractivity contribution in [1.29, 1.82) is 0 Å². The molecule has 0 aliphatic carbocycles. The first-order chi connectivity index (χ1) is 13.1. The highest BCUT2D eigenvalue weighted by atomic mass is 35.5. The van der Waals surface area contributed by atoms with Crippen LogP contribution in [0, 0.1) is 6.92 Å². The van der Waals surface area contributed by atoms with E-state index in [-0.39, 0.29) is 20.8 Å². The molecule has 1 heterocycles. The number of hydrogen-bond donors (Lipinski definition) is 1. The van der Waals surface area contributed by atoms with E-state index in [2.05, 4.69) is 4.98 Å². The molecular formula is C17H11Cl4N3O3S. The molecule has 2 aromatic carbocycles. The van der Waals surface area contributed by atoms with Crippen LogP contribution in [0.25, 0.3) is 5.69 Å². The second kappa shape index (κ2) is 7.93. The van der Waals surface area contributed by atoms with Gasteiger partial charge in [-0.15, -0.1) is 0 Å². The van der Waals surface area contributed by atoms with Crippen molar-refractivity contribution >= 4 is 62.3 Å². The Morgan fingerprint density at radius 3 is 2.25 bits per heavy atom. The second-order valence-electron chi connectivity index (χ2n) is 5.63.